The lowest BCUT2D eigenvalue weighted by atomic mass is 9.97. The highest BCUT2D eigenvalue weighted by Crippen LogP contribution is 2.35. The Kier molecular flexibility index (Phi) is 2.17. The lowest BCUT2D eigenvalue weighted by Crippen LogP contribution is -2.40. The van der Waals surface area contributed by atoms with Crippen molar-refractivity contribution in [3.8, 4) is 0 Å². The van der Waals surface area contributed by atoms with E-state index in [1.165, 1.54) is 0 Å². The maximum atomic E-state index is 11.2. The zero-order chi connectivity index (χ0) is 9.41. The summed E-state index contributed by atoms with van der Waals surface area (Å²) in [5.74, 6) is -0.211. The molecule has 0 aliphatic heterocycles. The van der Waals surface area contributed by atoms with Crippen molar-refractivity contribution in [3.05, 3.63) is 0 Å². The summed E-state index contributed by atoms with van der Waals surface area (Å²) in [4.78, 5) is 11.2. The quantitative estimate of drug-likeness (QED) is 0.641. The fraction of sp³-hybridized carbons (Fsp3) is 0.889. The van der Waals surface area contributed by atoms with Crippen LogP contribution in [0.1, 0.15) is 33.6 Å². The van der Waals surface area contributed by atoms with Crippen molar-refractivity contribution in [1.82, 2.24) is 5.32 Å². The molecule has 1 amide bonds. The van der Waals surface area contributed by atoms with Crippen LogP contribution in [0.15, 0.2) is 0 Å². The normalized spacial score (nSPS) is 20.3. The fourth-order valence-electron chi connectivity index (χ4n) is 0.855. The van der Waals surface area contributed by atoms with Crippen LogP contribution in [0.4, 0.5) is 0 Å². The molecule has 0 radical (unpaired) electrons. The van der Waals surface area contributed by atoms with Crippen molar-refractivity contribution in [2.45, 2.75) is 39.2 Å². The van der Waals surface area contributed by atoms with Crippen LogP contribution in [0.25, 0.3) is 0 Å². The first-order chi connectivity index (χ1) is 5.33. The summed E-state index contributed by atoms with van der Waals surface area (Å²) in [5.41, 5.74) is -0.938. The molecule has 0 heterocycles. The SMILES string of the molecule is CC(C)(C)CNC(=O)C1(O)CC1. The highest BCUT2D eigenvalue weighted by Gasteiger charge is 2.47. The Labute approximate surface area is 73.2 Å². The summed E-state index contributed by atoms with van der Waals surface area (Å²) in [6.45, 7) is 6.76. The van der Waals surface area contributed by atoms with Gasteiger partial charge in [-0.1, -0.05) is 20.8 Å². The molecule has 1 saturated carbocycles. The molecule has 0 spiro atoms. The molecule has 2 N–H and O–H groups in total. The average molecular weight is 171 g/mol. The molecular weight excluding hydrogens is 154 g/mol. The zero-order valence-corrected chi connectivity index (χ0v) is 7.98. The van der Waals surface area contributed by atoms with Gasteiger partial charge in [0.15, 0.2) is 0 Å². The van der Waals surface area contributed by atoms with E-state index < -0.39 is 5.60 Å². The Hall–Kier alpha value is -0.570. The Balaban J connectivity index is 2.29. The Morgan fingerprint density at radius 1 is 1.50 bits per heavy atom. The highest BCUT2D eigenvalue weighted by atomic mass is 16.3. The summed E-state index contributed by atoms with van der Waals surface area (Å²) >= 11 is 0. The minimum atomic E-state index is -1.02. The van der Waals surface area contributed by atoms with Crippen molar-refractivity contribution < 1.29 is 9.90 Å². The first-order valence-electron chi connectivity index (χ1n) is 4.34. The molecule has 1 aliphatic rings. The predicted molar refractivity (Wildman–Crippen MR) is 46.6 cm³/mol. The van der Waals surface area contributed by atoms with E-state index in [1.54, 1.807) is 0 Å². The van der Waals surface area contributed by atoms with Crippen LogP contribution in [-0.2, 0) is 4.79 Å². The number of rotatable bonds is 2. The van der Waals surface area contributed by atoms with Gasteiger partial charge in [0.25, 0.3) is 5.91 Å². The van der Waals surface area contributed by atoms with Crippen LogP contribution in [0.2, 0.25) is 0 Å². The third-order valence-corrected chi connectivity index (χ3v) is 1.93. The second-order valence-corrected chi connectivity index (χ2v) is 4.77. The van der Waals surface area contributed by atoms with E-state index in [2.05, 4.69) is 5.32 Å². The molecule has 0 bridgehead atoms. The summed E-state index contributed by atoms with van der Waals surface area (Å²) in [5, 5.41) is 12.1. The lowest BCUT2D eigenvalue weighted by Gasteiger charge is -2.19. The van der Waals surface area contributed by atoms with Crippen molar-refractivity contribution in [2.24, 2.45) is 5.41 Å². The molecular formula is C9H17NO2. The third-order valence-electron chi connectivity index (χ3n) is 1.93. The molecule has 1 fully saturated rings. The van der Waals surface area contributed by atoms with Crippen LogP contribution in [0.5, 0.6) is 0 Å². The van der Waals surface area contributed by atoms with E-state index in [9.17, 15) is 9.90 Å². The van der Waals surface area contributed by atoms with Crippen LogP contribution < -0.4 is 5.32 Å². The largest absolute Gasteiger partial charge is 0.380 e. The van der Waals surface area contributed by atoms with Gasteiger partial charge in [0.2, 0.25) is 0 Å². The van der Waals surface area contributed by atoms with Crippen LogP contribution in [-0.4, -0.2) is 23.2 Å². The first kappa shape index (κ1) is 9.52. The van der Waals surface area contributed by atoms with Gasteiger partial charge < -0.3 is 10.4 Å². The van der Waals surface area contributed by atoms with Crippen molar-refractivity contribution in [3.63, 3.8) is 0 Å². The lowest BCUT2D eigenvalue weighted by molar-refractivity contribution is -0.131. The van der Waals surface area contributed by atoms with Gasteiger partial charge in [-0.25, -0.2) is 0 Å². The van der Waals surface area contributed by atoms with Gasteiger partial charge in [-0.05, 0) is 18.3 Å². The topological polar surface area (TPSA) is 49.3 Å². The third kappa shape index (κ3) is 2.48. The second-order valence-electron chi connectivity index (χ2n) is 4.77. The van der Waals surface area contributed by atoms with Crippen molar-refractivity contribution in [1.29, 1.82) is 0 Å². The van der Waals surface area contributed by atoms with E-state index in [4.69, 9.17) is 0 Å². The summed E-state index contributed by atoms with van der Waals surface area (Å²) in [6, 6.07) is 0. The molecule has 0 saturated heterocycles. The summed E-state index contributed by atoms with van der Waals surface area (Å²) in [6.07, 6.45) is 1.23. The molecule has 0 aromatic carbocycles. The molecule has 3 nitrogen and oxygen atoms in total. The van der Waals surface area contributed by atoms with E-state index >= 15 is 0 Å². The van der Waals surface area contributed by atoms with Gasteiger partial charge in [0.1, 0.15) is 5.60 Å². The number of carbonyl (C=O) groups excluding carboxylic acids is 1. The van der Waals surface area contributed by atoms with Crippen LogP contribution >= 0.6 is 0 Å². The zero-order valence-electron chi connectivity index (χ0n) is 7.98. The molecule has 70 valence electrons. The minimum absolute atomic E-state index is 0.0842. The smallest absolute Gasteiger partial charge is 0.251 e. The Bertz CT molecular complexity index is 189. The maximum Gasteiger partial charge on any atom is 0.251 e. The second kappa shape index (κ2) is 2.73. The van der Waals surface area contributed by atoms with Crippen LogP contribution in [0.3, 0.4) is 0 Å². The molecule has 0 aromatic rings. The van der Waals surface area contributed by atoms with Gasteiger partial charge in [0.05, 0.1) is 0 Å². The number of hydrogen-bond donors (Lipinski definition) is 2. The van der Waals surface area contributed by atoms with Crippen molar-refractivity contribution in [2.75, 3.05) is 6.54 Å². The van der Waals surface area contributed by atoms with E-state index in [0.717, 1.165) is 0 Å². The predicted octanol–water partition coefficient (Wildman–Crippen LogP) is 0.674. The van der Waals surface area contributed by atoms with Gasteiger partial charge in [0, 0.05) is 6.54 Å². The molecule has 1 rings (SSSR count). The molecule has 0 atom stereocenters. The molecule has 0 unspecified atom stereocenters. The Morgan fingerprint density at radius 2 is 2.00 bits per heavy atom. The van der Waals surface area contributed by atoms with Gasteiger partial charge in [-0.15, -0.1) is 0 Å². The minimum Gasteiger partial charge on any atom is -0.380 e. The van der Waals surface area contributed by atoms with E-state index in [0.29, 0.717) is 19.4 Å². The van der Waals surface area contributed by atoms with E-state index in [1.807, 2.05) is 20.8 Å². The van der Waals surface area contributed by atoms with Gasteiger partial charge in [-0.3, -0.25) is 4.79 Å². The monoisotopic (exact) mass is 171 g/mol. The van der Waals surface area contributed by atoms with Gasteiger partial charge >= 0.3 is 0 Å². The summed E-state index contributed by atoms with van der Waals surface area (Å²) in [7, 11) is 0. The number of carbonyl (C=O) groups is 1. The van der Waals surface area contributed by atoms with Crippen LogP contribution in [0, 0.1) is 5.41 Å². The first-order valence-corrected chi connectivity index (χ1v) is 4.34. The Morgan fingerprint density at radius 3 is 2.33 bits per heavy atom. The number of hydrogen-bond acceptors (Lipinski definition) is 2. The highest BCUT2D eigenvalue weighted by molar-refractivity contribution is 5.87. The number of nitrogens with one attached hydrogen (secondary N) is 1. The molecule has 3 heteroatoms. The summed E-state index contributed by atoms with van der Waals surface area (Å²) < 4.78 is 0. The molecule has 0 aromatic heterocycles. The average Bonchev–Trinajstić information content (AvgIpc) is 2.62. The number of amides is 1. The molecule has 12 heavy (non-hydrogen) atoms. The molecule has 1 aliphatic carbocycles. The maximum absolute atomic E-state index is 11.2. The fourth-order valence-corrected chi connectivity index (χ4v) is 0.855. The van der Waals surface area contributed by atoms with Crippen molar-refractivity contribution >= 4 is 5.91 Å². The standard InChI is InChI=1S/C9H17NO2/c1-8(2,3)6-10-7(11)9(12)4-5-9/h12H,4-6H2,1-3H3,(H,10,11). The van der Waals surface area contributed by atoms with E-state index in [-0.39, 0.29) is 11.3 Å². The number of aliphatic hydroxyl groups is 1. The van der Waals surface area contributed by atoms with Gasteiger partial charge in [-0.2, -0.15) is 0 Å².